The fraction of sp³-hybridized carbons (Fsp3) is 0.135. The number of para-hydroxylation sites is 2. The number of nitrogens with zero attached hydrogens (tertiary/aromatic N) is 2. The minimum absolute atomic E-state index is 0.201. The Labute approximate surface area is 455 Å². The van der Waals surface area contributed by atoms with E-state index in [9.17, 15) is 0 Å². The van der Waals surface area contributed by atoms with Crippen molar-refractivity contribution in [3.8, 4) is 22.3 Å². The van der Waals surface area contributed by atoms with E-state index in [1.165, 1.54) is 65.7 Å². The fourth-order valence-corrected chi connectivity index (χ4v) is 12.7. The first-order chi connectivity index (χ1) is 38.0. The first-order valence-electron chi connectivity index (χ1n) is 27.5. The molecule has 0 unspecified atom stereocenters. The quantitative estimate of drug-likeness (QED) is 0.128. The molecule has 2 heterocycles. The summed E-state index contributed by atoms with van der Waals surface area (Å²) in [5.41, 5.74) is 21.9. The van der Waals surface area contributed by atoms with Crippen molar-refractivity contribution in [3.63, 3.8) is 0 Å². The zero-order chi connectivity index (χ0) is 53.1. The minimum atomic E-state index is 0.201. The molecule has 14 aromatic rings. The highest BCUT2D eigenvalue weighted by molar-refractivity contribution is 6.30. The maximum atomic E-state index is 7.06. The molecule has 0 N–H and O–H groups in total. The summed E-state index contributed by atoms with van der Waals surface area (Å²) >= 11 is 0. The molecule has 14 rings (SSSR count). The summed E-state index contributed by atoms with van der Waals surface area (Å²) in [5, 5.41) is 11.8. The average Bonchev–Trinajstić information content (AvgIpc) is 3.85. The molecule has 0 aliphatic rings. The molecule has 0 saturated carbocycles. The third-order valence-electron chi connectivity index (χ3n) is 16.7. The van der Waals surface area contributed by atoms with E-state index < -0.39 is 0 Å². The maximum Gasteiger partial charge on any atom is 0.159 e. The van der Waals surface area contributed by atoms with Crippen LogP contribution >= 0.6 is 0 Å². The molecule has 4 nitrogen and oxygen atoms in total. The summed E-state index contributed by atoms with van der Waals surface area (Å²) in [6.45, 7) is 18.4. The van der Waals surface area contributed by atoms with Gasteiger partial charge in [-0.15, -0.1) is 0 Å². The van der Waals surface area contributed by atoms with E-state index in [1.807, 2.05) is 0 Å². The summed E-state index contributed by atoms with van der Waals surface area (Å²) in [6, 6.07) is 76.0. The second-order valence-corrected chi connectivity index (χ2v) is 22.2. The van der Waals surface area contributed by atoms with Gasteiger partial charge in [-0.05, 0) is 153 Å². The van der Waals surface area contributed by atoms with Crippen LogP contribution in [0.5, 0.6) is 0 Å². The lowest BCUT2D eigenvalue weighted by Crippen LogP contribution is -2.15. The monoisotopic (exact) mass is 1010 g/mol. The van der Waals surface area contributed by atoms with Crippen LogP contribution in [0.15, 0.2) is 215 Å². The Kier molecular flexibility index (Phi) is 11.1. The van der Waals surface area contributed by atoms with Crippen molar-refractivity contribution in [2.75, 3.05) is 9.80 Å². The van der Waals surface area contributed by atoms with Gasteiger partial charge in [0.1, 0.15) is 11.2 Å². The first-order valence-corrected chi connectivity index (χ1v) is 27.5. The maximum absolute atomic E-state index is 7.06. The van der Waals surface area contributed by atoms with E-state index in [-0.39, 0.29) is 11.8 Å². The van der Waals surface area contributed by atoms with Gasteiger partial charge in [0.15, 0.2) is 11.2 Å². The van der Waals surface area contributed by atoms with Crippen LogP contribution in [0, 0.1) is 27.7 Å². The molecule has 0 aliphatic heterocycles. The van der Waals surface area contributed by atoms with Crippen molar-refractivity contribution < 1.29 is 8.83 Å². The van der Waals surface area contributed by atoms with Gasteiger partial charge in [-0.3, -0.25) is 0 Å². The van der Waals surface area contributed by atoms with E-state index >= 15 is 0 Å². The molecule has 0 amide bonds. The summed E-state index contributed by atoms with van der Waals surface area (Å²) in [6.07, 6.45) is 0. The third kappa shape index (κ3) is 7.34. The van der Waals surface area contributed by atoms with Crippen molar-refractivity contribution in [1.82, 2.24) is 0 Å². The molecule has 0 spiro atoms. The molecule has 0 atom stereocenters. The van der Waals surface area contributed by atoms with Crippen LogP contribution in [0.2, 0.25) is 0 Å². The third-order valence-corrected chi connectivity index (χ3v) is 16.7. The molecule has 2 aromatic heterocycles. The molecular formula is C74H60N2O2. The molecule has 0 bridgehead atoms. The van der Waals surface area contributed by atoms with Gasteiger partial charge in [-0.25, -0.2) is 0 Å². The lowest BCUT2D eigenvalue weighted by atomic mass is 9.83. The van der Waals surface area contributed by atoms with Gasteiger partial charge >= 0.3 is 0 Å². The Hall–Kier alpha value is -9.12. The number of benzene rings is 12. The molecule has 0 saturated heterocycles. The van der Waals surface area contributed by atoms with Crippen LogP contribution in [0.3, 0.4) is 0 Å². The lowest BCUT2D eigenvalue weighted by Gasteiger charge is -2.33. The van der Waals surface area contributed by atoms with Crippen molar-refractivity contribution in [2.45, 2.75) is 67.2 Å². The molecule has 0 aliphatic carbocycles. The molecular weight excluding hydrogens is 949 g/mol. The molecule has 4 heteroatoms. The topological polar surface area (TPSA) is 32.8 Å². The van der Waals surface area contributed by atoms with E-state index in [0.717, 1.165) is 100 Å². The van der Waals surface area contributed by atoms with Crippen LogP contribution in [-0.2, 0) is 0 Å². The first kappa shape index (κ1) is 47.3. The summed E-state index contributed by atoms with van der Waals surface area (Å²) < 4.78 is 14.1. The Bertz CT molecular complexity index is 4370. The summed E-state index contributed by atoms with van der Waals surface area (Å²) in [4.78, 5) is 5.08. The zero-order valence-corrected chi connectivity index (χ0v) is 45.5. The van der Waals surface area contributed by atoms with Gasteiger partial charge in [0.2, 0.25) is 0 Å². The number of anilines is 6. The Morgan fingerprint density at radius 1 is 0.295 bits per heavy atom. The molecule has 12 aromatic carbocycles. The van der Waals surface area contributed by atoms with Crippen LogP contribution < -0.4 is 9.80 Å². The highest BCUT2D eigenvalue weighted by Gasteiger charge is 2.31. The van der Waals surface area contributed by atoms with Gasteiger partial charge in [0, 0.05) is 43.7 Å². The van der Waals surface area contributed by atoms with Gasteiger partial charge in [0.05, 0.1) is 22.7 Å². The lowest BCUT2D eigenvalue weighted by molar-refractivity contribution is 0.668. The molecule has 378 valence electrons. The van der Waals surface area contributed by atoms with Crippen LogP contribution in [0.4, 0.5) is 34.1 Å². The molecule has 0 fully saturated rings. The number of hydrogen-bond acceptors (Lipinski definition) is 4. The highest BCUT2D eigenvalue weighted by atomic mass is 16.3. The average molecular weight is 1010 g/mol. The normalized spacial score (nSPS) is 12.1. The van der Waals surface area contributed by atoms with E-state index in [1.54, 1.807) is 0 Å². The van der Waals surface area contributed by atoms with Crippen LogP contribution in [0.1, 0.15) is 72.9 Å². The SMILES string of the molecule is Cc1ccc(-c2ccccc2)cc1N(c1cc(C(C)C)c2ccc3c(N(c4cc(-c5ccccc5)ccc4C)c4c(C)ccc5c4oc4ccccc45)cc(C(C)C)c4ccc1c2c43)c1c(C)ccc2c1oc1ccccc12. The number of fused-ring (bicyclic) bond motifs is 6. The Morgan fingerprint density at radius 3 is 1.06 bits per heavy atom. The highest BCUT2D eigenvalue weighted by Crippen LogP contribution is 2.55. The van der Waals surface area contributed by atoms with Gasteiger partial charge in [-0.1, -0.05) is 198 Å². The van der Waals surface area contributed by atoms with Crippen molar-refractivity contribution >= 4 is 110 Å². The molecule has 0 radical (unpaired) electrons. The fourth-order valence-electron chi connectivity index (χ4n) is 12.7. The second kappa shape index (κ2) is 18.3. The number of furan rings is 2. The minimum Gasteiger partial charge on any atom is -0.454 e. The van der Waals surface area contributed by atoms with Gasteiger partial charge in [0.25, 0.3) is 0 Å². The molecule has 78 heavy (non-hydrogen) atoms. The largest absolute Gasteiger partial charge is 0.454 e. The smallest absolute Gasteiger partial charge is 0.159 e. The van der Waals surface area contributed by atoms with E-state index in [4.69, 9.17) is 8.83 Å². The van der Waals surface area contributed by atoms with Crippen molar-refractivity contribution in [3.05, 3.63) is 240 Å². The number of aryl methyl sites for hydroxylation is 4. The van der Waals surface area contributed by atoms with Crippen molar-refractivity contribution in [2.24, 2.45) is 0 Å². The zero-order valence-electron chi connectivity index (χ0n) is 45.5. The van der Waals surface area contributed by atoms with E-state index in [0.29, 0.717) is 0 Å². The Balaban J connectivity index is 1.13. The van der Waals surface area contributed by atoms with Crippen LogP contribution in [-0.4, -0.2) is 0 Å². The number of hydrogen-bond donors (Lipinski definition) is 0. The number of rotatable bonds is 10. The van der Waals surface area contributed by atoms with Gasteiger partial charge < -0.3 is 18.6 Å². The second-order valence-electron chi connectivity index (χ2n) is 22.2. The summed E-state index contributed by atoms with van der Waals surface area (Å²) in [5.74, 6) is 0.402. The van der Waals surface area contributed by atoms with Gasteiger partial charge in [-0.2, -0.15) is 0 Å². The predicted molar refractivity (Wildman–Crippen MR) is 332 cm³/mol. The Morgan fingerprint density at radius 2 is 0.654 bits per heavy atom. The summed E-state index contributed by atoms with van der Waals surface area (Å²) in [7, 11) is 0. The van der Waals surface area contributed by atoms with Crippen molar-refractivity contribution in [1.29, 1.82) is 0 Å². The predicted octanol–water partition coefficient (Wildman–Crippen LogP) is 22.1. The van der Waals surface area contributed by atoms with Crippen LogP contribution in [0.25, 0.3) is 98.4 Å². The standard InChI is InChI=1S/C74H60N2O2/c1-43(2)61-41-65(75(63-39-51(31-27-45(63)5)49-19-11-9-12-20-49)71-47(7)29-33-57-53-23-15-17-25-67(53)77-73(57)71)59-38-36-56-62(44(3)4)42-66(60-37-35-55(61)69(59)70(56)60)76(64-40-52(32-28-46(64)6)50-21-13-10-14-22-50)72-48(8)30-34-58-54-24-16-18-26-68(54)78-74(58)72/h9-44H,1-8H3. The van der Waals surface area contributed by atoms with E-state index in [2.05, 4.69) is 271 Å².